The topological polar surface area (TPSA) is 35.2 Å². The first-order chi connectivity index (χ1) is 7.63. The largest absolute Gasteiger partial charge is 0.496 e. The first kappa shape index (κ1) is 13.3. The van der Waals surface area contributed by atoms with Crippen LogP contribution in [0.3, 0.4) is 0 Å². The van der Waals surface area contributed by atoms with Crippen molar-refractivity contribution < 1.29 is 4.74 Å². The molecule has 0 aromatic heterocycles. The maximum atomic E-state index is 6.12. The number of methoxy groups -OCH3 is 1. The van der Waals surface area contributed by atoms with Crippen LogP contribution in [0.4, 0.5) is 0 Å². The molecule has 1 aromatic carbocycles. The summed E-state index contributed by atoms with van der Waals surface area (Å²) in [5.41, 5.74) is 7.92. The molecular formula is C13H20ClNO. The van der Waals surface area contributed by atoms with Crippen LogP contribution in [0.5, 0.6) is 5.75 Å². The third-order valence-corrected chi connectivity index (χ3v) is 3.09. The van der Waals surface area contributed by atoms with Gasteiger partial charge in [0, 0.05) is 5.02 Å². The number of rotatable bonds is 5. The maximum Gasteiger partial charge on any atom is 0.125 e. The molecule has 0 saturated heterocycles. The molecule has 0 aliphatic heterocycles. The molecule has 0 heterocycles. The van der Waals surface area contributed by atoms with E-state index in [4.69, 9.17) is 22.1 Å². The Morgan fingerprint density at radius 1 is 1.44 bits per heavy atom. The zero-order valence-electron chi connectivity index (χ0n) is 10.2. The molecule has 3 heteroatoms. The van der Waals surface area contributed by atoms with Crippen LogP contribution in [0, 0.1) is 0 Å². The van der Waals surface area contributed by atoms with Crippen molar-refractivity contribution in [3.8, 4) is 5.75 Å². The second kappa shape index (κ2) is 6.12. The fourth-order valence-corrected chi connectivity index (χ4v) is 2.21. The minimum atomic E-state index is 0.379. The zero-order valence-corrected chi connectivity index (χ0v) is 11.0. The van der Waals surface area contributed by atoms with Crippen molar-refractivity contribution in [3.05, 3.63) is 28.3 Å². The Morgan fingerprint density at radius 3 is 2.62 bits per heavy atom. The summed E-state index contributed by atoms with van der Waals surface area (Å²) >= 11 is 6.12. The summed E-state index contributed by atoms with van der Waals surface area (Å²) < 4.78 is 5.49. The molecule has 1 atom stereocenters. The predicted molar refractivity (Wildman–Crippen MR) is 69.5 cm³/mol. The van der Waals surface area contributed by atoms with E-state index < -0.39 is 0 Å². The van der Waals surface area contributed by atoms with E-state index in [0.29, 0.717) is 12.5 Å². The van der Waals surface area contributed by atoms with Gasteiger partial charge in [-0.15, -0.1) is 0 Å². The van der Waals surface area contributed by atoms with Crippen molar-refractivity contribution in [1.29, 1.82) is 0 Å². The molecule has 0 radical (unpaired) electrons. The monoisotopic (exact) mass is 241 g/mol. The van der Waals surface area contributed by atoms with Crippen LogP contribution in [0.1, 0.15) is 37.3 Å². The smallest absolute Gasteiger partial charge is 0.125 e. The lowest BCUT2D eigenvalue weighted by Gasteiger charge is -2.18. The van der Waals surface area contributed by atoms with Crippen molar-refractivity contribution in [2.75, 3.05) is 13.7 Å². The van der Waals surface area contributed by atoms with E-state index in [2.05, 4.69) is 13.8 Å². The highest BCUT2D eigenvalue weighted by Gasteiger charge is 2.15. The van der Waals surface area contributed by atoms with Crippen LogP contribution < -0.4 is 10.5 Å². The van der Waals surface area contributed by atoms with Crippen LogP contribution in [-0.4, -0.2) is 13.7 Å². The number of hydrogen-bond acceptors (Lipinski definition) is 2. The van der Waals surface area contributed by atoms with E-state index >= 15 is 0 Å². The molecule has 0 saturated carbocycles. The molecule has 0 amide bonds. The molecule has 0 aliphatic rings. The Hall–Kier alpha value is -0.730. The van der Waals surface area contributed by atoms with E-state index in [9.17, 15) is 0 Å². The molecule has 1 rings (SSSR count). The normalized spacial score (nSPS) is 12.6. The van der Waals surface area contributed by atoms with Gasteiger partial charge in [-0.05, 0) is 48.6 Å². The molecule has 16 heavy (non-hydrogen) atoms. The molecule has 0 fully saturated rings. The second-order valence-corrected chi connectivity index (χ2v) is 4.46. The van der Waals surface area contributed by atoms with Crippen molar-refractivity contribution in [2.24, 2.45) is 5.73 Å². The molecule has 1 unspecified atom stereocenters. The van der Waals surface area contributed by atoms with E-state index in [0.717, 1.165) is 34.7 Å². The fourth-order valence-electron chi connectivity index (χ4n) is 1.96. The first-order valence-corrected chi connectivity index (χ1v) is 6.08. The summed E-state index contributed by atoms with van der Waals surface area (Å²) in [5, 5.41) is 0.775. The number of nitrogens with two attached hydrogens (primary N) is 1. The number of aryl methyl sites for hydroxylation is 1. The Labute approximate surface area is 103 Å². The Kier molecular flexibility index (Phi) is 5.10. The predicted octanol–water partition coefficient (Wildman–Crippen LogP) is 3.36. The van der Waals surface area contributed by atoms with Gasteiger partial charge in [0.1, 0.15) is 5.75 Å². The molecule has 2 nitrogen and oxygen atoms in total. The Bertz CT molecular complexity index is 352. The van der Waals surface area contributed by atoms with Crippen LogP contribution in [-0.2, 0) is 6.42 Å². The number of halogens is 1. The molecule has 90 valence electrons. The zero-order chi connectivity index (χ0) is 12.1. The summed E-state index contributed by atoms with van der Waals surface area (Å²) in [4.78, 5) is 0. The minimum absolute atomic E-state index is 0.379. The third-order valence-electron chi connectivity index (χ3n) is 2.87. The van der Waals surface area contributed by atoms with Gasteiger partial charge in [0.2, 0.25) is 0 Å². The Balaban J connectivity index is 3.19. The second-order valence-electron chi connectivity index (χ2n) is 4.02. The SMILES string of the molecule is CCc1cc(Cl)cc(C(C)CCN)c1OC. The van der Waals surface area contributed by atoms with Gasteiger partial charge in [-0.1, -0.05) is 25.4 Å². The molecule has 0 aliphatic carbocycles. The van der Waals surface area contributed by atoms with Crippen molar-refractivity contribution in [3.63, 3.8) is 0 Å². The van der Waals surface area contributed by atoms with Crippen LogP contribution in [0.2, 0.25) is 5.02 Å². The van der Waals surface area contributed by atoms with Crippen molar-refractivity contribution in [2.45, 2.75) is 32.6 Å². The lowest BCUT2D eigenvalue weighted by atomic mass is 9.94. The van der Waals surface area contributed by atoms with E-state index in [1.54, 1.807) is 7.11 Å². The summed E-state index contributed by atoms with van der Waals surface area (Å²) in [7, 11) is 1.71. The van der Waals surface area contributed by atoms with Gasteiger partial charge in [-0.2, -0.15) is 0 Å². The minimum Gasteiger partial charge on any atom is -0.496 e. The van der Waals surface area contributed by atoms with Crippen LogP contribution >= 0.6 is 11.6 Å². The van der Waals surface area contributed by atoms with Crippen LogP contribution in [0.25, 0.3) is 0 Å². The van der Waals surface area contributed by atoms with Crippen LogP contribution in [0.15, 0.2) is 12.1 Å². The van der Waals surface area contributed by atoms with Gasteiger partial charge >= 0.3 is 0 Å². The average molecular weight is 242 g/mol. The average Bonchev–Trinajstić information content (AvgIpc) is 2.28. The van der Waals surface area contributed by atoms with Crippen molar-refractivity contribution in [1.82, 2.24) is 0 Å². The van der Waals surface area contributed by atoms with E-state index in [1.807, 2.05) is 12.1 Å². The highest BCUT2D eigenvalue weighted by molar-refractivity contribution is 6.30. The standard InChI is InChI=1S/C13H20ClNO/c1-4-10-7-11(14)8-12(13(10)16-3)9(2)5-6-15/h7-9H,4-6,15H2,1-3H3. The third kappa shape index (κ3) is 2.89. The summed E-state index contributed by atoms with van der Waals surface area (Å²) in [6.45, 7) is 4.93. The summed E-state index contributed by atoms with van der Waals surface area (Å²) in [6.07, 6.45) is 1.87. The van der Waals surface area contributed by atoms with Gasteiger partial charge in [-0.3, -0.25) is 0 Å². The van der Waals surface area contributed by atoms with Gasteiger partial charge in [0.25, 0.3) is 0 Å². The molecule has 2 N–H and O–H groups in total. The summed E-state index contributed by atoms with van der Waals surface area (Å²) in [6, 6.07) is 3.96. The van der Waals surface area contributed by atoms with Crippen molar-refractivity contribution >= 4 is 11.6 Å². The van der Waals surface area contributed by atoms with E-state index in [-0.39, 0.29) is 0 Å². The number of benzene rings is 1. The van der Waals surface area contributed by atoms with Gasteiger partial charge < -0.3 is 10.5 Å². The summed E-state index contributed by atoms with van der Waals surface area (Å²) in [5.74, 6) is 1.34. The van der Waals surface area contributed by atoms with Gasteiger partial charge in [-0.25, -0.2) is 0 Å². The quantitative estimate of drug-likeness (QED) is 0.858. The van der Waals surface area contributed by atoms with Gasteiger partial charge in [0.05, 0.1) is 7.11 Å². The highest BCUT2D eigenvalue weighted by Crippen LogP contribution is 2.34. The molecule has 0 bridgehead atoms. The highest BCUT2D eigenvalue weighted by atomic mass is 35.5. The number of ether oxygens (including phenoxy) is 1. The lowest BCUT2D eigenvalue weighted by molar-refractivity contribution is 0.401. The fraction of sp³-hybridized carbons (Fsp3) is 0.538. The van der Waals surface area contributed by atoms with Gasteiger partial charge in [0.15, 0.2) is 0 Å². The maximum absolute atomic E-state index is 6.12. The lowest BCUT2D eigenvalue weighted by Crippen LogP contribution is -2.07. The first-order valence-electron chi connectivity index (χ1n) is 5.70. The molecule has 0 spiro atoms. The Morgan fingerprint density at radius 2 is 2.12 bits per heavy atom. The number of hydrogen-bond donors (Lipinski definition) is 1. The molecular weight excluding hydrogens is 222 g/mol. The van der Waals surface area contributed by atoms with E-state index in [1.165, 1.54) is 0 Å². The molecule has 1 aromatic rings.